The van der Waals surface area contributed by atoms with Crippen molar-refractivity contribution >= 4 is 0 Å². The van der Waals surface area contributed by atoms with Crippen molar-refractivity contribution in [2.75, 3.05) is 26.2 Å². The zero-order chi connectivity index (χ0) is 11.9. The highest BCUT2D eigenvalue weighted by atomic mass is 15.2. The van der Waals surface area contributed by atoms with Crippen molar-refractivity contribution in [2.24, 2.45) is 11.3 Å². The molecule has 0 amide bonds. The van der Waals surface area contributed by atoms with Crippen molar-refractivity contribution in [1.29, 1.82) is 0 Å². The van der Waals surface area contributed by atoms with Crippen LogP contribution in [-0.4, -0.2) is 36.6 Å². The monoisotopic (exact) mass is 236 g/mol. The Labute approximate surface area is 106 Å². The molecule has 1 spiro atoms. The molecule has 3 rings (SSSR count). The molecule has 0 radical (unpaired) electrons. The van der Waals surface area contributed by atoms with E-state index in [2.05, 4.69) is 24.1 Å². The van der Waals surface area contributed by atoms with Crippen molar-refractivity contribution in [1.82, 2.24) is 10.2 Å². The van der Waals surface area contributed by atoms with E-state index in [0.717, 1.165) is 5.92 Å². The summed E-state index contributed by atoms with van der Waals surface area (Å²) >= 11 is 0. The Bertz CT molecular complexity index is 273. The minimum Gasteiger partial charge on any atom is -0.309 e. The lowest BCUT2D eigenvalue weighted by molar-refractivity contribution is 0.100. The summed E-state index contributed by atoms with van der Waals surface area (Å²) in [7, 11) is 0. The van der Waals surface area contributed by atoms with Crippen molar-refractivity contribution in [3.63, 3.8) is 0 Å². The molecular formula is C15H28N2. The highest BCUT2D eigenvalue weighted by Crippen LogP contribution is 2.52. The highest BCUT2D eigenvalue weighted by molar-refractivity contribution is 5.02. The first kappa shape index (κ1) is 12.0. The normalized spacial score (nSPS) is 31.2. The van der Waals surface area contributed by atoms with Crippen LogP contribution in [0, 0.1) is 11.3 Å². The summed E-state index contributed by atoms with van der Waals surface area (Å²) in [5, 5.41) is 3.82. The SMILES string of the molecule is CC(C)C1(CN2CCNC3(CCCC3)C2)CC1. The summed E-state index contributed by atoms with van der Waals surface area (Å²) in [6.07, 6.45) is 8.66. The zero-order valence-electron chi connectivity index (χ0n) is 11.6. The van der Waals surface area contributed by atoms with Gasteiger partial charge in [0.15, 0.2) is 0 Å². The van der Waals surface area contributed by atoms with Crippen molar-refractivity contribution < 1.29 is 0 Å². The first-order chi connectivity index (χ1) is 8.14. The topological polar surface area (TPSA) is 15.3 Å². The Balaban J connectivity index is 1.61. The lowest BCUT2D eigenvalue weighted by Gasteiger charge is -2.43. The van der Waals surface area contributed by atoms with E-state index in [-0.39, 0.29) is 0 Å². The molecule has 1 heterocycles. The van der Waals surface area contributed by atoms with E-state index in [9.17, 15) is 0 Å². The van der Waals surface area contributed by atoms with Crippen LogP contribution in [0.25, 0.3) is 0 Å². The summed E-state index contributed by atoms with van der Waals surface area (Å²) in [6, 6.07) is 0. The maximum absolute atomic E-state index is 3.82. The molecule has 1 saturated heterocycles. The molecular weight excluding hydrogens is 208 g/mol. The molecule has 0 bridgehead atoms. The molecule has 0 unspecified atom stereocenters. The number of hydrogen-bond donors (Lipinski definition) is 1. The van der Waals surface area contributed by atoms with Crippen LogP contribution >= 0.6 is 0 Å². The van der Waals surface area contributed by atoms with Crippen LogP contribution in [0.3, 0.4) is 0 Å². The van der Waals surface area contributed by atoms with Gasteiger partial charge in [-0.2, -0.15) is 0 Å². The second-order valence-corrected chi connectivity index (χ2v) is 7.14. The molecule has 2 nitrogen and oxygen atoms in total. The lowest BCUT2D eigenvalue weighted by atomic mass is 9.89. The van der Waals surface area contributed by atoms with Gasteiger partial charge in [-0.05, 0) is 37.0 Å². The van der Waals surface area contributed by atoms with Gasteiger partial charge in [0.25, 0.3) is 0 Å². The Hall–Kier alpha value is -0.0800. The van der Waals surface area contributed by atoms with E-state index in [0.29, 0.717) is 11.0 Å². The van der Waals surface area contributed by atoms with Gasteiger partial charge in [-0.3, -0.25) is 4.90 Å². The first-order valence-electron chi connectivity index (χ1n) is 7.62. The largest absolute Gasteiger partial charge is 0.309 e. The fraction of sp³-hybridized carbons (Fsp3) is 1.00. The van der Waals surface area contributed by atoms with Crippen molar-refractivity contribution in [3.8, 4) is 0 Å². The van der Waals surface area contributed by atoms with Gasteiger partial charge >= 0.3 is 0 Å². The average molecular weight is 236 g/mol. The minimum absolute atomic E-state index is 0.505. The zero-order valence-corrected chi connectivity index (χ0v) is 11.6. The van der Waals surface area contributed by atoms with E-state index in [1.165, 1.54) is 64.7 Å². The average Bonchev–Trinajstić information content (AvgIpc) is 2.95. The van der Waals surface area contributed by atoms with Gasteiger partial charge in [0, 0.05) is 31.7 Å². The predicted octanol–water partition coefficient (Wildman–Crippen LogP) is 2.64. The van der Waals surface area contributed by atoms with Crippen LogP contribution in [0.15, 0.2) is 0 Å². The van der Waals surface area contributed by atoms with E-state index >= 15 is 0 Å². The van der Waals surface area contributed by atoms with Gasteiger partial charge in [0.1, 0.15) is 0 Å². The standard InChI is InChI=1S/C15H28N2/c1-13(2)14(7-8-14)11-17-10-9-16-15(12-17)5-3-4-6-15/h13,16H,3-12H2,1-2H3. The number of nitrogens with one attached hydrogen (secondary N) is 1. The molecule has 2 aliphatic carbocycles. The summed E-state index contributed by atoms with van der Waals surface area (Å²) in [4.78, 5) is 2.77. The number of nitrogens with zero attached hydrogens (tertiary/aromatic N) is 1. The van der Waals surface area contributed by atoms with Crippen LogP contribution in [0.4, 0.5) is 0 Å². The van der Waals surface area contributed by atoms with E-state index in [4.69, 9.17) is 0 Å². The molecule has 98 valence electrons. The smallest absolute Gasteiger partial charge is 0.0309 e. The molecule has 3 aliphatic rings. The second kappa shape index (κ2) is 4.24. The number of piperazine rings is 1. The second-order valence-electron chi connectivity index (χ2n) is 7.14. The maximum atomic E-state index is 3.82. The summed E-state index contributed by atoms with van der Waals surface area (Å²) in [5.41, 5.74) is 1.20. The van der Waals surface area contributed by atoms with Gasteiger partial charge in [-0.15, -0.1) is 0 Å². The molecule has 0 aromatic rings. The van der Waals surface area contributed by atoms with Crippen LogP contribution in [0.1, 0.15) is 52.4 Å². The molecule has 1 N–H and O–H groups in total. The molecule has 0 aromatic heterocycles. The Morgan fingerprint density at radius 3 is 2.41 bits per heavy atom. The van der Waals surface area contributed by atoms with Crippen molar-refractivity contribution in [3.05, 3.63) is 0 Å². The van der Waals surface area contributed by atoms with Crippen LogP contribution in [-0.2, 0) is 0 Å². The van der Waals surface area contributed by atoms with Crippen LogP contribution in [0.2, 0.25) is 0 Å². The molecule has 17 heavy (non-hydrogen) atoms. The third-order valence-corrected chi connectivity index (χ3v) is 5.67. The van der Waals surface area contributed by atoms with E-state index in [1.807, 2.05) is 0 Å². The highest BCUT2D eigenvalue weighted by Gasteiger charge is 2.48. The van der Waals surface area contributed by atoms with Gasteiger partial charge in [0.05, 0.1) is 0 Å². The molecule has 1 aliphatic heterocycles. The summed E-state index contributed by atoms with van der Waals surface area (Å²) in [6.45, 7) is 10.0. The Kier molecular flexibility index (Phi) is 2.99. The third-order valence-electron chi connectivity index (χ3n) is 5.67. The van der Waals surface area contributed by atoms with Gasteiger partial charge in [-0.25, -0.2) is 0 Å². The minimum atomic E-state index is 0.505. The van der Waals surface area contributed by atoms with Gasteiger partial charge in [-0.1, -0.05) is 26.7 Å². The number of rotatable bonds is 3. The fourth-order valence-electron chi connectivity index (χ4n) is 4.09. The van der Waals surface area contributed by atoms with E-state index < -0.39 is 0 Å². The lowest BCUT2D eigenvalue weighted by Crippen LogP contribution is -2.59. The maximum Gasteiger partial charge on any atom is 0.0309 e. The quantitative estimate of drug-likeness (QED) is 0.810. The van der Waals surface area contributed by atoms with Crippen LogP contribution < -0.4 is 5.32 Å². The third kappa shape index (κ3) is 2.26. The van der Waals surface area contributed by atoms with Crippen molar-refractivity contribution in [2.45, 2.75) is 57.9 Å². The molecule has 0 atom stereocenters. The molecule has 2 heteroatoms. The molecule has 2 saturated carbocycles. The summed E-state index contributed by atoms with van der Waals surface area (Å²) < 4.78 is 0. The van der Waals surface area contributed by atoms with Gasteiger partial charge in [0.2, 0.25) is 0 Å². The molecule has 0 aromatic carbocycles. The predicted molar refractivity (Wildman–Crippen MR) is 72.1 cm³/mol. The number of hydrogen-bond acceptors (Lipinski definition) is 2. The summed E-state index contributed by atoms with van der Waals surface area (Å²) in [5.74, 6) is 0.872. The van der Waals surface area contributed by atoms with E-state index in [1.54, 1.807) is 0 Å². The van der Waals surface area contributed by atoms with Gasteiger partial charge < -0.3 is 5.32 Å². The van der Waals surface area contributed by atoms with Crippen LogP contribution in [0.5, 0.6) is 0 Å². The molecule has 3 fully saturated rings. The Morgan fingerprint density at radius 1 is 1.12 bits per heavy atom. The Morgan fingerprint density at radius 2 is 1.82 bits per heavy atom. The fourth-order valence-corrected chi connectivity index (χ4v) is 4.09. The first-order valence-corrected chi connectivity index (χ1v) is 7.62.